The van der Waals surface area contributed by atoms with Crippen LogP contribution in [0.1, 0.15) is 137 Å². The van der Waals surface area contributed by atoms with Crippen LogP contribution in [-0.2, 0) is 22.4 Å². The third-order valence-corrected chi connectivity index (χ3v) is 13.9. The first-order chi connectivity index (χ1) is 26.4. The second kappa shape index (κ2) is 20.4. The minimum atomic E-state index is -0.109. The van der Waals surface area contributed by atoms with Gasteiger partial charge in [-0.25, -0.2) is 0 Å². The Kier molecular flexibility index (Phi) is 15.4. The largest absolute Gasteiger partial charge is 0.274 e. The van der Waals surface area contributed by atoms with Crippen LogP contribution in [0.4, 0.5) is 11.4 Å². The summed E-state index contributed by atoms with van der Waals surface area (Å²) in [4.78, 5) is 34.8. The molecule has 0 fully saturated rings. The van der Waals surface area contributed by atoms with Gasteiger partial charge in [-0.15, -0.1) is 22.7 Å². The van der Waals surface area contributed by atoms with Crippen LogP contribution in [0.25, 0.3) is 11.1 Å². The molecule has 2 aliphatic heterocycles. The number of unbranched alkanes of at least 4 members (excludes halogenated alkanes) is 14. The van der Waals surface area contributed by atoms with Crippen LogP contribution in [0.3, 0.4) is 0 Å². The van der Waals surface area contributed by atoms with Crippen LogP contribution in [0.5, 0.6) is 0 Å². The number of amides is 2. The fraction of sp³-hybridized carbons (Fsp3) is 0.435. The summed E-state index contributed by atoms with van der Waals surface area (Å²) < 4.78 is 1.88. The first kappa shape index (κ1) is 40.9. The molecule has 8 heteroatoms. The topological polar surface area (TPSA) is 40.6 Å². The number of hydrogen-bond acceptors (Lipinski definition) is 4. The van der Waals surface area contributed by atoms with E-state index < -0.39 is 0 Å². The predicted octanol–water partition coefficient (Wildman–Crippen LogP) is 14.9. The zero-order valence-corrected chi connectivity index (χ0v) is 36.7. The highest BCUT2D eigenvalue weighted by molar-refractivity contribution is 9.11. The van der Waals surface area contributed by atoms with Gasteiger partial charge in [0.1, 0.15) is 0 Å². The minimum Gasteiger partial charge on any atom is -0.274 e. The Labute approximate surface area is 348 Å². The molecule has 0 unspecified atom stereocenters. The van der Waals surface area contributed by atoms with E-state index in [1.54, 1.807) is 9.80 Å². The molecule has 4 heterocycles. The smallest absolute Gasteiger partial charge is 0.266 e. The SMILES string of the molecule is CCCCCCCCCCc1ccc(N2C(=O)C(c3ccc(Br)s3)=C3C2=C(c2ccc(Br)s2)C(=O)N3c2ccc(CCCCCCCCCC)cc2)cc1. The maximum Gasteiger partial charge on any atom is 0.266 e. The molecular formula is C46H54Br2N2O2S2. The standard InChI is InChI=1S/C46H54Br2N2O2S2/c1-3-5-7-9-11-13-15-17-19-33-21-25-35(26-22-33)49-43-41(37-29-31-39(47)53-37)46(52)50(44(43)42(45(49)51)38-30-32-40(48)54-38)36-27-23-34(24-28-36)20-18-16-14-12-10-8-6-4-2/h21-32H,3-20H2,1-2H3. The van der Waals surface area contributed by atoms with Crippen LogP contribution in [0.15, 0.2) is 91.8 Å². The lowest BCUT2D eigenvalue weighted by Crippen LogP contribution is -2.27. The summed E-state index contributed by atoms with van der Waals surface area (Å²) in [5.41, 5.74) is 6.56. The summed E-state index contributed by atoms with van der Waals surface area (Å²) in [6.07, 6.45) is 22.8. The van der Waals surface area contributed by atoms with Gasteiger partial charge in [0.25, 0.3) is 11.8 Å². The van der Waals surface area contributed by atoms with Gasteiger partial charge in [-0.2, -0.15) is 0 Å². The van der Waals surface area contributed by atoms with E-state index in [-0.39, 0.29) is 11.8 Å². The highest BCUT2D eigenvalue weighted by Crippen LogP contribution is 2.52. The Morgan fingerprint density at radius 2 is 0.778 bits per heavy atom. The van der Waals surface area contributed by atoms with E-state index in [0.29, 0.717) is 22.5 Å². The number of aryl methyl sites for hydroxylation is 2. The maximum atomic E-state index is 14.8. The third-order valence-electron chi connectivity index (χ3n) is 10.6. The van der Waals surface area contributed by atoms with E-state index in [9.17, 15) is 9.59 Å². The van der Waals surface area contributed by atoms with Gasteiger partial charge in [0.2, 0.25) is 0 Å². The van der Waals surface area contributed by atoms with Crippen LogP contribution in [-0.4, -0.2) is 11.8 Å². The molecule has 286 valence electrons. The molecule has 2 aromatic heterocycles. The zero-order chi connectivity index (χ0) is 37.9. The molecule has 0 atom stereocenters. The molecule has 2 amide bonds. The van der Waals surface area contributed by atoms with Gasteiger partial charge in [0.15, 0.2) is 0 Å². The summed E-state index contributed by atoms with van der Waals surface area (Å²) >= 11 is 10.3. The summed E-state index contributed by atoms with van der Waals surface area (Å²) in [7, 11) is 0. The number of halogens is 2. The molecule has 0 bridgehead atoms. The summed E-state index contributed by atoms with van der Waals surface area (Å²) in [5.74, 6) is -0.218. The van der Waals surface area contributed by atoms with Gasteiger partial charge in [0.05, 0.1) is 30.1 Å². The second-order valence-corrected chi connectivity index (χ2v) is 19.6. The quantitative estimate of drug-likeness (QED) is 0.0738. The third kappa shape index (κ3) is 9.96. The number of carbonyl (C=O) groups excluding carboxylic acids is 2. The molecule has 2 aromatic carbocycles. The Bertz CT molecular complexity index is 1780. The van der Waals surface area contributed by atoms with Crippen molar-refractivity contribution in [2.75, 3.05) is 9.80 Å². The molecule has 2 aliphatic rings. The van der Waals surface area contributed by atoms with Crippen LogP contribution in [0.2, 0.25) is 0 Å². The highest BCUT2D eigenvalue weighted by atomic mass is 79.9. The summed E-state index contributed by atoms with van der Waals surface area (Å²) in [6.45, 7) is 4.53. The Balaban J connectivity index is 1.26. The molecule has 0 saturated carbocycles. The van der Waals surface area contributed by atoms with Crippen LogP contribution in [0, 0.1) is 0 Å². The van der Waals surface area contributed by atoms with Crippen molar-refractivity contribution in [1.29, 1.82) is 0 Å². The summed E-state index contributed by atoms with van der Waals surface area (Å²) in [6, 6.07) is 24.8. The van der Waals surface area contributed by atoms with E-state index in [1.165, 1.54) is 137 Å². The highest BCUT2D eigenvalue weighted by Gasteiger charge is 2.50. The van der Waals surface area contributed by atoms with Gasteiger partial charge >= 0.3 is 0 Å². The van der Waals surface area contributed by atoms with E-state index in [2.05, 4.69) is 94.2 Å². The van der Waals surface area contributed by atoms with E-state index >= 15 is 0 Å². The van der Waals surface area contributed by atoms with Gasteiger partial charge in [0, 0.05) is 21.1 Å². The fourth-order valence-electron chi connectivity index (χ4n) is 7.69. The minimum absolute atomic E-state index is 0.109. The Morgan fingerprint density at radius 3 is 1.09 bits per heavy atom. The average Bonchev–Trinajstić information content (AvgIpc) is 3.93. The number of carbonyl (C=O) groups is 2. The van der Waals surface area contributed by atoms with E-state index in [4.69, 9.17) is 0 Å². The van der Waals surface area contributed by atoms with Crippen molar-refractivity contribution in [2.45, 2.75) is 129 Å². The average molecular weight is 891 g/mol. The second-order valence-electron chi connectivity index (χ2n) is 14.7. The predicted molar refractivity (Wildman–Crippen MR) is 238 cm³/mol. The maximum absolute atomic E-state index is 14.8. The lowest BCUT2D eigenvalue weighted by Gasteiger charge is -2.20. The van der Waals surface area contributed by atoms with Crippen molar-refractivity contribution in [3.63, 3.8) is 0 Å². The monoisotopic (exact) mass is 888 g/mol. The van der Waals surface area contributed by atoms with Crippen molar-refractivity contribution >= 4 is 88.9 Å². The van der Waals surface area contributed by atoms with Gasteiger partial charge in [-0.1, -0.05) is 128 Å². The fourth-order valence-corrected chi connectivity index (χ4v) is 10.5. The van der Waals surface area contributed by atoms with Crippen LogP contribution < -0.4 is 9.80 Å². The number of fused-ring (bicyclic) bond motifs is 1. The van der Waals surface area contributed by atoms with Crippen molar-refractivity contribution in [2.24, 2.45) is 0 Å². The Hall–Kier alpha value is -2.78. The zero-order valence-electron chi connectivity index (χ0n) is 31.9. The molecule has 0 spiro atoms. The normalized spacial score (nSPS) is 14.4. The number of thiophene rings is 2. The first-order valence-corrected chi connectivity index (χ1v) is 23.5. The molecule has 0 N–H and O–H groups in total. The van der Waals surface area contributed by atoms with Gasteiger partial charge < -0.3 is 0 Å². The van der Waals surface area contributed by atoms with Crippen molar-refractivity contribution in [1.82, 2.24) is 0 Å². The molecule has 54 heavy (non-hydrogen) atoms. The lowest BCUT2D eigenvalue weighted by molar-refractivity contribution is -0.112. The number of nitrogens with zero attached hydrogens (tertiary/aromatic N) is 2. The molecule has 0 saturated heterocycles. The van der Waals surface area contributed by atoms with E-state index in [0.717, 1.165) is 41.5 Å². The molecule has 6 rings (SSSR count). The molecule has 0 radical (unpaired) electrons. The summed E-state index contributed by atoms with van der Waals surface area (Å²) in [5, 5.41) is 0. The van der Waals surface area contributed by atoms with Crippen molar-refractivity contribution in [3.05, 3.63) is 113 Å². The van der Waals surface area contributed by atoms with Crippen molar-refractivity contribution in [3.8, 4) is 0 Å². The Morgan fingerprint density at radius 1 is 0.444 bits per heavy atom. The molecule has 4 nitrogen and oxygen atoms in total. The number of anilines is 2. The number of rotatable bonds is 22. The lowest BCUT2D eigenvalue weighted by atomic mass is 10.0. The first-order valence-electron chi connectivity index (χ1n) is 20.3. The number of benzene rings is 2. The van der Waals surface area contributed by atoms with Gasteiger partial charge in [-0.3, -0.25) is 19.4 Å². The van der Waals surface area contributed by atoms with Crippen LogP contribution >= 0.6 is 54.5 Å². The number of hydrogen-bond donors (Lipinski definition) is 0. The molecule has 4 aromatic rings. The van der Waals surface area contributed by atoms with Gasteiger partial charge in [-0.05, 0) is 117 Å². The van der Waals surface area contributed by atoms with E-state index in [1.807, 2.05) is 24.3 Å². The molecule has 0 aliphatic carbocycles. The van der Waals surface area contributed by atoms with Crippen molar-refractivity contribution < 1.29 is 9.59 Å². The molecular weight excluding hydrogens is 836 g/mol.